The molecule has 0 fully saturated rings. The van der Waals surface area contributed by atoms with Crippen LogP contribution in [-0.4, -0.2) is 53.3 Å². The lowest BCUT2D eigenvalue weighted by atomic mass is 9.93. The number of hydrogen-bond acceptors (Lipinski definition) is 7. The Hall–Kier alpha value is -4.99. The zero-order valence-corrected chi connectivity index (χ0v) is 24.7. The Morgan fingerprint density at radius 2 is 1.70 bits per heavy atom. The van der Waals surface area contributed by atoms with Crippen molar-refractivity contribution < 1.29 is 54.9 Å². The first-order valence-corrected chi connectivity index (χ1v) is 13.8. The molecule has 4 rings (SSSR count). The minimum absolute atomic E-state index is 0.0475. The highest BCUT2D eigenvalue weighted by Crippen LogP contribution is 2.42. The fourth-order valence-corrected chi connectivity index (χ4v) is 4.59. The van der Waals surface area contributed by atoms with E-state index in [0.717, 1.165) is 37.4 Å². The molecule has 4 aromatic rings. The molecule has 0 spiro atoms. The van der Waals surface area contributed by atoms with Gasteiger partial charge in [-0.3, -0.25) is 14.6 Å². The molecule has 0 bridgehead atoms. The number of hydrogen-bond donors (Lipinski definition) is 3. The predicted octanol–water partition coefficient (Wildman–Crippen LogP) is 5.46. The van der Waals surface area contributed by atoms with Gasteiger partial charge in [0.2, 0.25) is 11.5 Å². The highest BCUT2D eigenvalue weighted by molar-refractivity contribution is 6.00. The number of methoxy groups -OCH3 is 1. The molecule has 0 saturated heterocycles. The van der Waals surface area contributed by atoms with E-state index in [2.05, 4.69) is 9.97 Å². The Morgan fingerprint density at radius 3 is 2.28 bits per heavy atom. The number of fused-ring (bicyclic) bond motifs is 1. The lowest BCUT2D eigenvalue weighted by Gasteiger charge is -2.31. The van der Waals surface area contributed by atoms with Gasteiger partial charge in [0, 0.05) is 28.3 Å². The van der Waals surface area contributed by atoms with Crippen molar-refractivity contribution in [3.63, 3.8) is 0 Å². The van der Waals surface area contributed by atoms with Crippen molar-refractivity contribution in [2.24, 2.45) is 5.73 Å². The number of aliphatic hydroxyl groups is 1. The average molecular weight is 669 g/mol. The highest BCUT2D eigenvalue weighted by atomic mass is 19.4. The van der Waals surface area contributed by atoms with Crippen molar-refractivity contribution >= 4 is 22.7 Å². The summed E-state index contributed by atoms with van der Waals surface area (Å²) in [5.74, 6) is -3.10. The number of carbonyl (C=O) groups excluding carboxylic acids is 2. The van der Waals surface area contributed by atoms with E-state index in [1.54, 1.807) is 6.92 Å². The van der Waals surface area contributed by atoms with Gasteiger partial charge in [-0.2, -0.15) is 26.3 Å². The summed E-state index contributed by atoms with van der Waals surface area (Å²) in [6.45, 7) is 0.266. The van der Waals surface area contributed by atoms with Crippen LogP contribution in [0.3, 0.4) is 0 Å². The van der Waals surface area contributed by atoms with Crippen LogP contribution >= 0.6 is 0 Å². The quantitative estimate of drug-likeness (QED) is 0.181. The number of rotatable bonds is 11. The van der Waals surface area contributed by atoms with Gasteiger partial charge in [0.15, 0.2) is 0 Å². The lowest BCUT2D eigenvalue weighted by Crippen LogP contribution is -2.51. The van der Waals surface area contributed by atoms with Crippen molar-refractivity contribution in [2.45, 2.75) is 37.7 Å². The number of aromatic nitrogens is 2. The van der Waals surface area contributed by atoms with Crippen molar-refractivity contribution in [3.05, 3.63) is 82.9 Å². The van der Waals surface area contributed by atoms with Crippen LogP contribution in [0, 0.1) is 5.82 Å². The number of alkyl halides is 6. The second kappa shape index (κ2) is 13.4. The summed E-state index contributed by atoms with van der Waals surface area (Å²) in [5.41, 5.74) is -1.55. The topological polar surface area (TPSA) is 137 Å². The summed E-state index contributed by atoms with van der Waals surface area (Å²) in [4.78, 5) is 32.8. The summed E-state index contributed by atoms with van der Waals surface area (Å²) in [5, 5.41) is 12.9. The normalized spacial score (nSPS) is 13.2. The molecule has 0 aliphatic carbocycles. The van der Waals surface area contributed by atoms with Gasteiger partial charge in [0.1, 0.15) is 28.5 Å². The number of ether oxygens (including phenoxy) is 2. The fraction of sp³-hybridized carbons (Fsp3) is 0.290. The summed E-state index contributed by atoms with van der Waals surface area (Å²) in [7, 11) is 1.15. The lowest BCUT2D eigenvalue weighted by molar-refractivity contribution is -0.265. The van der Waals surface area contributed by atoms with Crippen LogP contribution in [0.25, 0.3) is 22.2 Å². The smallest absolute Gasteiger partial charge is 0.424 e. The van der Waals surface area contributed by atoms with Crippen molar-refractivity contribution in [2.75, 3.05) is 20.3 Å². The third-order valence-corrected chi connectivity index (χ3v) is 6.94. The molecule has 47 heavy (non-hydrogen) atoms. The third-order valence-electron chi connectivity index (χ3n) is 6.94. The fourth-order valence-electron chi connectivity index (χ4n) is 4.59. The third kappa shape index (κ3) is 7.53. The Kier molecular flexibility index (Phi) is 9.94. The van der Waals surface area contributed by atoms with E-state index < -0.39 is 65.4 Å². The minimum Gasteiger partial charge on any atom is -0.494 e. The molecular weight excluding hydrogens is 641 g/mol. The molecule has 2 heterocycles. The monoisotopic (exact) mass is 668 g/mol. The molecule has 0 aliphatic heterocycles. The first-order chi connectivity index (χ1) is 22.0. The average Bonchev–Trinajstić information content (AvgIpc) is 3.00. The Morgan fingerprint density at radius 1 is 1.02 bits per heavy atom. The van der Waals surface area contributed by atoms with Gasteiger partial charge in [-0.1, -0.05) is 6.92 Å². The predicted molar refractivity (Wildman–Crippen MR) is 154 cm³/mol. The number of primary amides is 1. The standard InChI is InChI=1S/C31H27F7N4O5/c1-3-8-47-27-18(13-24(39)43)12-23(42-26(27)16-4-6-21(32)7-5-16)29(45,31(36,37)38)15-41-28(44)19-9-17-10-20(30(33,34)35)14-40-25(17)22(11-19)46-2/h4-7,9-12,14,45H,3,8,13,15H2,1-2H3,(H2,39,43)(H,41,44)/t29-/m0/s1. The molecule has 1 atom stereocenters. The molecule has 2 amide bonds. The van der Waals surface area contributed by atoms with Gasteiger partial charge in [0.05, 0.1) is 37.9 Å². The SMILES string of the molecule is CCCOc1c(CC(N)=O)cc([C@@](O)(CNC(=O)c2cc(OC)c3ncc(C(F)(F)F)cc3c2)C(F)(F)F)nc1-c1ccc(F)cc1. The van der Waals surface area contributed by atoms with Crippen molar-refractivity contribution in [1.29, 1.82) is 0 Å². The molecular formula is C31H27F7N4O5. The number of nitrogens with one attached hydrogen (secondary N) is 1. The van der Waals surface area contributed by atoms with Crippen LogP contribution in [-0.2, 0) is 23.0 Å². The van der Waals surface area contributed by atoms with Crippen LogP contribution in [0.5, 0.6) is 11.5 Å². The molecule has 0 radical (unpaired) electrons. The van der Waals surface area contributed by atoms with Gasteiger partial charge in [-0.05, 0) is 55.0 Å². The number of benzene rings is 2. The molecule has 2 aromatic heterocycles. The zero-order valence-electron chi connectivity index (χ0n) is 24.7. The summed E-state index contributed by atoms with van der Waals surface area (Å²) in [6, 6.07) is 7.93. The number of pyridine rings is 2. The Labute approximate surface area is 262 Å². The highest BCUT2D eigenvalue weighted by Gasteiger charge is 2.56. The maximum absolute atomic E-state index is 14.7. The Bertz CT molecular complexity index is 1800. The summed E-state index contributed by atoms with van der Waals surface area (Å²) in [6.07, 6.45) is -9.89. The van der Waals surface area contributed by atoms with E-state index in [9.17, 15) is 45.4 Å². The molecule has 0 unspecified atom stereocenters. The van der Waals surface area contributed by atoms with E-state index >= 15 is 0 Å². The molecule has 4 N–H and O–H groups in total. The van der Waals surface area contributed by atoms with Crippen molar-refractivity contribution in [1.82, 2.24) is 15.3 Å². The van der Waals surface area contributed by atoms with E-state index in [4.69, 9.17) is 15.2 Å². The van der Waals surface area contributed by atoms with Gasteiger partial charge in [-0.15, -0.1) is 0 Å². The van der Waals surface area contributed by atoms with Gasteiger partial charge in [-0.25, -0.2) is 9.37 Å². The number of carbonyl (C=O) groups is 2. The van der Waals surface area contributed by atoms with Gasteiger partial charge >= 0.3 is 12.4 Å². The van der Waals surface area contributed by atoms with E-state index in [1.807, 2.05) is 5.32 Å². The largest absolute Gasteiger partial charge is 0.494 e. The second-order valence-corrected chi connectivity index (χ2v) is 10.4. The van der Waals surface area contributed by atoms with Gasteiger partial charge < -0.3 is 25.6 Å². The minimum atomic E-state index is -5.49. The molecule has 250 valence electrons. The number of halogens is 7. The van der Waals surface area contributed by atoms with E-state index in [-0.39, 0.29) is 45.8 Å². The van der Waals surface area contributed by atoms with Crippen LogP contribution in [0.2, 0.25) is 0 Å². The van der Waals surface area contributed by atoms with E-state index in [0.29, 0.717) is 18.7 Å². The molecule has 2 aromatic carbocycles. The van der Waals surface area contributed by atoms with Crippen LogP contribution in [0.1, 0.15) is 40.5 Å². The van der Waals surface area contributed by atoms with Gasteiger partial charge in [0.25, 0.3) is 5.91 Å². The maximum Gasteiger partial charge on any atom is 0.424 e. The van der Waals surface area contributed by atoms with Crippen molar-refractivity contribution in [3.8, 4) is 22.8 Å². The Balaban J connectivity index is 1.81. The molecule has 0 saturated carbocycles. The zero-order chi connectivity index (χ0) is 34.7. The number of nitrogens with zero attached hydrogens (tertiary/aromatic N) is 2. The molecule has 16 heteroatoms. The summed E-state index contributed by atoms with van der Waals surface area (Å²) < 4.78 is 108. The van der Waals surface area contributed by atoms with Crippen LogP contribution in [0.15, 0.2) is 54.7 Å². The molecule has 9 nitrogen and oxygen atoms in total. The first-order valence-electron chi connectivity index (χ1n) is 13.8. The number of amides is 2. The van der Waals surface area contributed by atoms with Crippen LogP contribution < -0.4 is 20.5 Å². The van der Waals surface area contributed by atoms with Crippen LogP contribution in [0.4, 0.5) is 30.7 Å². The maximum atomic E-state index is 14.7. The van der Waals surface area contributed by atoms with E-state index in [1.165, 1.54) is 12.1 Å². The number of nitrogens with two attached hydrogens (primary N) is 1. The second-order valence-electron chi connectivity index (χ2n) is 10.4. The summed E-state index contributed by atoms with van der Waals surface area (Å²) >= 11 is 0. The first kappa shape index (κ1) is 34.9. The molecule has 0 aliphatic rings.